The monoisotopic (exact) mass is 430 g/mol. The van der Waals surface area contributed by atoms with Gasteiger partial charge in [-0.25, -0.2) is 0 Å². The van der Waals surface area contributed by atoms with Crippen LogP contribution in [0.4, 0.5) is 13.2 Å². The molecule has 3 aromatic rings. The number of carbonyl (C=O) groups is 1. The van der Waals surface area contributed by atoms with E-state index >= 15 is 0 Å². The largest absolute Gasteiger partial charge is 0.416 e. The molecule has 166 valence electrons. The number of amides is 1. The molecule has 31 heavy (non-hydrogen) atoms. The summed E-state index contributed by atoms with van der Waals surface area (Å²) in [6.45, 7) is 6.67. The maximum Gasteiger partial charge on any atom is 0.416 e. The number of H-pyrrole nitrogens is 1. The lowest BCUT2D eigenvalue weighted by molar-refractivity contribution is -0.138. The van der Waals surface area contributed by atoms with Crippen LogP contribution >= 0.6 is 0 Å². The summed E-state index contributed by atoms with van der Waals surface area (Å²) >= 11 is 0. The molecule has 1 atom stereocenters. The van der Waals surface area contributed by atoms with Crippen LogP contribution in [0.3, 0.4) is 0 Å². The van der Waals surface area contributed by atoms with E-state index in [1.54, 1.807) is 12.3 Å². The average molecular weight is 431 g/mol. The van der Waals surface area contributed by atoms with Crippen molar-refractivity contribution in [3.05, 3.63) is 70.9 Å². The minimum atomic E-state index is -4.50. The molecule has 0 saturated heterocycles. The van der Waals surface area contributed by atoms with Gasteiger partial charge in [0.05, 0.1) is 5.56 Å². The van der Waals surface area contributed by atoms with Gasteiger partial charge in [0, 0.05) is 36.0 Å². The van der Waals surface area contributed by atoms with Crippen LogP contribution in [-0.4, -0.2) is 17.4 Å². The van der Waals surface area contributed by atoms with Gasteiger partial charge in [-0.15, -0.1) is 0 Å². The molecule has 0 aliphatic rings. The van der Waals surface area contributed by atoms with Crippen LogP contribution in [0.1, 0.15) is 61.8 Å². The van der Waals surface area contributed by atoms with Gasteiger partial charge in [-0.3, -0.25) is 4.79 Å². The molecule has 2 N–H and O–H groups in total. The van der Waals surface area contributed by atoms with Gasteiger partial charge in [0.2, 0.25) is 5.91 Å². The maximum absolute atomic E-state index is 13.8. The summed E-state index contributed by atoms with van der Waals surface area (Å²) in [5, 5.41) is 3.73. The van der Waals surface area contributed by atoms with Crippen molar-refractivity contribution in [2.24, 2.45) is 5.92 Å². The Bertz CT molecular complexity index is 1040. The first-order chi connectivity index (χ1) is 14.7. The van der Waals surface area contributed by atoms with Gasteiger partial charge in [0.15, 0.2) is 0 Å². The van der Waals surface area contributed by atoms with E-state index in [1.807, 2.05) is 25.1 Å². The smallest absolute Gasteiger partial charge is 0.361 e. The first kappa shape index (κ1) is 22.9. The third-order valence-corrected chi connectivity index (χ3v) is 5.67. The highest BCUT2D eigenvalue weighted by atomic mass is 19.4. The summed E-state index contributed by atoms with van der Waals surface area (Å²) in [4.78, 5) is 16.0. The Morgan fingerprint density at radius 1 is 1.06 bits per heavy atom. The number of para-hydroxylation sites is 1. The normalized spacial score (nSPS) is 13.0. The van der Waals surface area contributed by atoms with Crippen LogP contribution in [0.15, 0.2) is 48.7 Å². The molecule has 1 heterocycles. The Hall–Kier alpha value is -2.76. The predicted octanol–water partition coefficient (Wildman–Crippen LogP) is 6.43. The van der Waals surface area contributed by atoms with Crippen molar-refractivity contribution in [2.45, 2.75) is 52.1 Å². The van der Waals surface area contributed by atoms with E-state index in [9.17, 15) is 18.0 Å². The third kappa shape index (κ3) is 5.30. The molecule has 0 fully saturated rings. The van der Waals surface area contributed by atoms with Gasteiger partial charge < -0.3 is 10.3 Å². The second kappa shape index (κ2) is 9.58. The zero-order valence-electron chi connectivity index (χ0n) is 18.1. The molecule has 2 aromatic carbocycles. The first-order valence-electron chi connectivity index (χ1n) is 10.7. The molecule has 3 nitrogen and oxygen atoms in total. The Balaban J connectivity index is 2.06. The zero-order valence-corrected chi connectivity index (χ0v) is 18.1. The van der Waals surface area contributed by atoms with E-state index in [4.69, 9.17) is 0 Å². The van der Waals surface area contributed by atoms with E-state index < -0.39 is 17.7 Å². The second-order valence-corrected chi connectivity index (χ2v) is 8.31. The standard InChI is InChI=1S/C25H29F3N2O/c1-4-17-8-7-10-19-21(15-30-24(17)19)20(14-23(31)29-13-12-16(2)3)18-9-5-6-11-22(18)25(26,27)28/h5-11,15-16,20,30H,4,12-14H2,1-3H3,(H,29,31)/t20-/m1/s1. The van der Waals surface area contributed by atoms with Crippen molar-refractivity contribution in [3.8, 4) is 0 Å². The lowest BCUT2D eigenvalue weighted by atomic mass is 9.84. The quantitative estimate of drug-likeness (QED) is 0.425. The number of aromatic nitrogens is 1. The number of benzene rings is 2. The lowest BCUT2D eigenvalue weighted by Crippen LogP contribution is -2.27. The van der Waals surface area contributed by atoms with Crippen molar-refractivity contribution in [1.29, 1.82) is 0 Å². The summed E-state index contributed by atoms with van der Waals surface area (Å²) in [6.07, 6.45) is -1.17. The van der Waals surface area contributed by atoms with Crippen LogP contribution in [-0.2, 0) is 17.4 Å². The number of rotatable bonds is 8. The van der Waals surface area contributed by atoms with Gasteiger partial charge in [-0.1, -0.05) is 57.2 Å². The van der Waals surface area contributed by atoms with E-state index in [1.165, 1.54) is 12.1 Å². The van der Waals surface area contributed by atoms with Crippen LogP contribution in [0.2, 0.25) is 0 Å². The molecule has 0 unspecified atom stereocenters. The van der Waals surface area contributed by atoms with Crippen LogP contribution in [0, 0.1) is 5.92 Å². The number of aryl methyl sites for hydroxylation is 1. The summed E-state index contributed by atoms with van der Waals surface area (Å²) in [5.74, 6) is -0.524. The fourth-order valence-corrected chi connectivity index (χ4v) is 4.03. The Labute approximate surface area is 181 Å². The lowest BCUT2D eigenvalue weighted by Gasteiger charge is -2.22. The molecule has 0 aliphatic heterocycles. The van der Waals surface area contributed by atoms with Crippen LogP contribution in [0.5, 0.6) is 0 Å². The van der Waals surface area contributed by atoms with Gasteiger partial charge in [-0.2, -0.15) is 13.2 Å². The minimum Gasteiger partial charge on any atom is -0.361 e. The second-order valence-electron chi connectivity index (χ2n) is 8.31. The SMILES string of the molecule is CCc1cccc2c([C@H](CC(=O)NCCC(C)C)c3ccccc3C(F)(F)F)c[nH]c12. The Morgan fingerprint density at radius 3 is 2.48 bits per heavy atom. The number of alkyl halides is 3. The molecule has 3 rings (SSSR count). The van der Waals surface area contributed by atoms with Gasteiger partial charge >= 0.3 is 6.18 Å². The highest BCUT2D eigenvalue weighted by Crippen LogP contribution is 2.41. The minimum absolute atomic E-state index is 0.0471. The predicted molar refractivity (Wildman–Crippen MR) is 118 cm³/mol. The van der Waals surface area contributed by atoms with E-state index in [0.717, 1.165) is 35.4 Å². The number of halogens is 3. The van der Waals surface area contributed by atoms with E-state index in [2.05, 4.69) is 24.1 Å². The molecule has 0 radical (unpaired) electrons. The summed E-state index contributed by atoms with van der Waals surface area (Å²) in [6, 6.07) is 11.4. The fraction of sp³-hybridized carbons (Fsp3) is 0.400. The topological polar surface area (TPSA) is 44.9 Å². The fourth-order valence-electron chi connectivity index (χ4n) is 4.03. The molecule has 0 bridgehead atoms. The molecule has 6 heteroatoms. The number of carbonyl (C=O) groups excluding carboxylic acids is 1. The third-order valence-electron chi connectivity index (χ3n) is 5.67. The number of hydrogen-bond donors (Lipinski definition) is 2. The van der Waals surface area contributed by atoms with Crippen molar-refractivity contribution in [1.82, 2.24) is 10.3 Å². The average Bonchev–Trinajstić information content (AvgIpc) is 3.15. The molecule has 1 amide bonds. The van der Waals surface area contributed by atoms with Crippen molar-refractivity contribution >= 4 is 16.8 Å². The zero-order chi connectivity index (χ0) is 22.6. The molecular formula is C25H29F3N2O. The van der Waals surface area contributed by atoms with Crippen LogP contribution in [0.25, 0.3) is 10.9 Å². The number of aromatic amines is 1. The molecule has 0 saturated carbocycles. The summed E-state index contributed by atoms with van der Waals surface area (Å²) in [5.41, 5.74) is 2.14. The van der Waals surface area contributed by atoms with E-state index in [-0.39, 0.29) is 17.9 Å². The van der Waals surface area contributed by atoms with Crippen molar-refractivity contribution < 1.29 is 18.0 Å². The number of hydrogen-bond acceptors (Lipinski definition) is 1. The molecule has 1 aromatic heterocycles. The Morgan fingerprint density at radius 2 is 1.81 bits per heavy atom. The van der Waals surface area contributed by atoms with Crippen molar-refractivity contribution in [3.63, 3.8) is 0 Å². The summed E-state index contributed by atoms with van der Waals surface area (Å²) in [7, 11) is 0. The number of nitrogens with one attached hydrogen (secondary N) is 2. The summed E-state index contributed by atoms with van der Waals surface area (Å²) < 4.78 is 41.4. The highest BCUT2D eigenvalue weighted by Gasteiger charge is 2.36. The Kier molecular flexibility index (Phi) is 7.08. The number of fused-ring (bicyclic) bond motifs is 1. The maximum atomic E-state index is 13.8. The van der Waals surface area contributed by atoms with Gasteiger partial charge in [0.25, 0.3) is 0 Å². The van der Waals surface area contributed by atoms with Crippen LogP contribution < -0.4 is 5.32 Å². The first-order valence-corrected chi connectivity index (χ1v) is 10.7. The van der Waals surface area contributed by atoms with E-state index in [0.29, 0.717) is 18.0 Å². The molecule has 0 aliphatic carbocycles. The molecule has 0 spiro atoms. The van der Waals surface area contributed by atoms with Gasteiger partial charge in [-0.05, 0) is 41.5 Å². The van der Waals surface area contributed by atoms with Gasteiger partial charge in [0.1, 0.15) is 0 Å². The highest BCUT2D eigenvalue weighted by molar-refractivity contribution is 5.88. The molecular weight excluding hydrogens is 401 g/mol. The van der Waals surface area contributed by atoms with Crippen molar-refractivity contribution in [2.75, 3.05) is 6.54 Å².